The van der Waals surface area contributed by atoms with Crippen LogP contribution in [-0.4, -0.2) is 11.5 Å². The van der Waals surface area contributed by atoms with Crippen LogP contribution in [0.4, 0.5) is 5.69 Å². The monoisotopic (exact) mass is 317 g/mol. The minimum Gasteiger partial charge on any atom is -0.286 e. The lowest BCUT2D eigenvalue weighted by Crippen LogP contribution is -2.14. The van der Waals surface area contributed by atoms with Crippen molar-refractivity contribution in [3.05, 3.63) is 64.1 Å². The van der Waals surface area contributed by atoms with E-state index in [4.69, 9.17) is 28.5 Å². The first kappa shape index (κ1) is 15.0. The van der Waals surface area contributed by atoms with Crippen LogP contribution in [0.15, 0.2) is 53.6 Å². The van der Waals surface area contributed by atoms with Crippen LogP contribution >= 0.6 is 23.2 Å². The fourth-order valence-corrected chi connectivity index (χ4v) is 1.97. The van der Waals surface area contributed by atoms with E-state index in [0.29, 0.717) is 10.7 Å². The Bertz CT molecular complexity index is 751. The van der Waals surface area contributed by atoms with Crippen LogP contribution in [0, 0.1) is 11.3 Å². The van der Waals surface area contributed by atoms with Gasteiger partial charge in [-0.1, -0.05) is 47.5 Å². The summed E-state index contributed by atoms with van der Waals surface area (Å²) >= 11 is 11.9. The van der Waals surface area contributed by atoms with Crippen molar-refractivity contribution in [1.82, 2.24) is 0 Å². The maximum atomic E-state index is 12.2. The SMILES string of the molecule is N#C/C(=N/Nc1ccccc1Cl)C(=O)c1ccccc1Cl. The smallest absolute Gasteiger partial charge is 0.225 e. The summed E-state index contributed by atoms with van der Waals surface area (Å²) in [6, 6.07) is 15.1. The number of carbonyl (C=O) groups excluding carboxylic acids is 1. The molecular weight excluding hydrogens is 309 g/mol. The van der Waals surface area contributed by atoms with Crippen LogP contribution < -0.4 is 5.43 Å². The molecule has 0 fully saturated rings. The van der Waals surface area contributed by atoms with Gasteiger partial charge in [0.05, 0.1) is 15.7 Å². The van der Waals surface area contributed by atoms with E-state index in [1.165, 1.54) is 6.07 Å². The van der Waals surface area contributed by atoms with E-state index in [9.17, 15) is 4.79 Å². The van der Waals surface area contributed by atoms with Crippen LogP contribution in [0.3, 0.4) is 0 Å². The zero-order valence-corrected chi connectivity index (χ0v) is 12.2. The molecule has 0 radical (unpaired) electrons. The summed E-state index contributed by atoms with van der Waals surface area (Å²) in [5, 5.41) is 13.6. The topological polar surface area (TPSA) is 65.2 Å². The fourth-order valence-electron chi connectivity index (χ4n) is 1.57. The Morgan fingerprint density at radius 3 is 2.29 bits per heavy atom. The van der Waals surface area contributed by atoms with Crippen LogP contribution in [0.1, 0.15) is 10.4 Å². The molecule has 4 nitrogen and oxygen atoms in total. The Morgan fingerprint density at radius 1 is 1.05 bits per heavy atom. The molecule has 2 aromatic rings. The largest absolute Gasteiger partial charge is 0.286 e. The van der Waals surface area contributed by atoms with Crippen molar-refractivity contribution in [3.63, 3.8) is 0 Å². The second-order valence-corrected chi connectivity index (χ2v) is 4.79. The number of halogens is 2. The predicted molar refractivity (Wildman–Crippen MR) is 83.9 cm³/mol. The number of rotatable bonds is 4. The number of benzene rings is 2. The number of hydrazone groups is 1. The van der Waals surface area contributed by atoms with Crippen molar-refractivity contribution in [1.29, 1.82) is 5.26 Å². The number of para-hydroxylation sites is 1. The molecule has 104 valence electrons. The van der Waals surface area contributed by atoms with Gasteiger partial charge in [0.1, 0.15) is 6.07 Å². The standard InChI is InChI=1S/C15H9Cl2N3O/c16-11-6-2-1-5-10(11)15(21)14(9-18)20-19-13-8-4-3-7-12(13)17/h1-8,19H/b20-14-. The van der Waals surface area contributed by atoms with Gasteiger partial charge in [0, 0.05) is 5.56 Å². The van der Waals surface area contributed by atoms with E-state index in [2.05, 4.69) is 10.5 Å². The summed E-state index contributed by atoms with van der Waals surface area (Å²) in [6.07, 6.45) is 0. The van der Waals surface area contributed by atoms with Gasteiger partial charge in [0.25, 0.3) is 0 Å². The summed E-state index contributed by atoms with van der Waals surface area (Å²) in [6.45, 7) is 0. The molecule has 0 aliphatic rings. The molecule has 0 bridgehead atoms. The van der Waals surface area contributed by atoms with Gasteiger partial charge >= 0.3 is 0 Å². The number of ketones is 1. The van der Waals surface area contributed by atoms with Crippen LogP contribution in [0.25, 0.3) is 0 Å². The van der Waals surface area contributed by atoms with Crippen LogP contribution in [0.5, 0.6) is 0 Å². The Hall–Kier alpha value is -2.35. The van der Waals surface area contributed by atoms with Gasteiger partial charge < -0.3 is 0 Å². The Labute approximate surface area is 131 Å². The Balaban J connectivity index is 2.26. The van der Waals surface area contributed by atoms with Gasteiger partial charge in [0.2, 0.25) is 11.5 Å². The molecule has 2 aromatic carbocycles. The third kappa shape index (κ3) is 3.60. The molecule has 2 rings (SSSR count). The first-order valence-electron chi connectivity index (χ1n) is 5.91. The summed E-state index contributed by atoms with van der Waals surface area (Å²) in [4.78, 5) is 12.2. The molecule has 0 aliphatic carbocycles. The highest BCUT2D eigenvalue weighted by atomic mass is 35.5. The van der Waals surface area contributed by atoms with Crippen molar-refractivity contribution in [2.75, 3.05) is 5.43 Å². The molecule has 0 spiro atoms. The number of nitrogens with zero attached hydrogens (tertiary/aromatic N) is 2. The average molecular weight is 318 g/mol. The molecule has 0 aliphatic heterocycles. The zero-order valence-electron chi connectivity index (χ0n) is 10.7. The van der Waals surface area contributed by atoms with E-state index in [1.54, 1.807) is 48.5 Å². The number of hydrogen-bond donors (Lipinski definition) is 1. The van der Waals surface area contributed by atoms with Crippen LogP contribution in [0.2, 0.25) is 10.0 Å². The van der Waals surface area contributed by atoms with E-state index in [0.717, 1.165) is 0 Å². The Morgan fingerprint density at radius 2 is 1.67 bits per heavy atom. The minimum atomic E-state index is -0.553. The maximum absolute atomic E-state index is 12.2. The predicted octanol–water partition coefficient (Wildman–Crippen LogP) is 4.17. The summed E-state index contributed by atoms with van der Waals surface area (Å²) in [7, 11) is 0. The quantitative estimate of drug-likeness (QED) is 0.523. The van der Waals surface area contributed by atoms with E-state index < -0.39 is 5.78 Å². The molecule has 0 atom stereocenters. The number of Topliss-reactive ketones (excluding diaryl/α,β-unsaturated/α-hetero) is 1. The second kappa shape index (κ2) is 6.89. The minimum absolute atomic E-state index is 0.223. The first-order chi connectivity index (χ1) is 10.1. The van der Waals surface area contributed by atoms with E-state index >= 15 is 0 Å². The van der Waals surface area contributed by atoms with Crippen LogP contribution in [-0.2, 0) is 0 Å². The maximum Gasteiger partial charge on any atom is 0.225 e. The number of hydrogen-bond acceptors (Lipinski definition) is 4. The molecule has 6 heteroatoms. The molecule has 0 unspecified atom stereocenters. The third-order valence-corrected chi connectivity index (χ3v) is 3.26. The lowest BCUT2D eigenvalue weighted by molar-refractivity contribution is 0.106. The summed E-state index contributed by atoms with van der Waals surface area (Å²) in [5.41, 5.74) is 3.02. The normalized spacial score (nSPS) is 10.8. The Kier molecular flexibility index (Phi) is 4.94. The zero-order chi connectivity index (χ0) is 15.2. The highest BCUT2D eigenvalue weighted by Gasteiger charge is 2.16. The molecule has 0 saturated carbocycles. The van der Waals surface area contributed by atoms with Crippen molar-refractivity contribution in [2.24, 2.45) is 5.10 Å². The summed E-state index contributed by atoms with van der Waals surface area (Å²) in [5.74, 6) is -0.553. The molecule has 21 heavy (non-hydrogen) atoms. The second-order valence-electron chi connectivity index (χ2n) is 3.97. The number of carbonyl (C=O) groups is 1. The fraction of sp³-hybridized carbons (Fsp3) is 0. The van der Waals surface area contributed by atoms with Crippen molar-refractivity contribution in [2.45, 2.75) is 0 Å². The number of nitriles is 1. The van der Waals surface area contributed by atoms with Crippen molar-refractivity contribution in [3.8, 4) is 6.07 Å². The molecule has 0 saturated heterocycles. The van der Waals surface area contributed by atoms with Gasteiger partial charge in [-0.05, 0) is 24.3 Å². The summed E-state index contributed by atoms with van der Waals surface area (Å²) < 4.78 is 0. The molecular formula is C15H9Cl2N3O. The van der Waals surface area contributed by atoms with E-state index in [-0.39, 0.29) is 16.3 Å². The average Bonchev–Trinajstić information content (AvgIpc) is 2.50. The number of nitrogens with one attached hydrogen (secondary N) is 1. The van der Waals surface area contributed by atoms with E-state index in [1.807, 2.05) is 0 Å². The van der Waals surface area contributed by atoms with Crippen molar-refractivity contribution >= 4 is 40.4 Å². The molecule has 1 N–H and O–H groups in total. The number of anilines is 1. The van der Waals surface area contributed by atoms with Gasteiger partial charge in [-0.2, -0.15) is 10.4 Å². The van der Waals surface area contributed by atoms with Gasteiger partial charge in [-0.3, -0.25) is 10.2 Å². The lowest BCUT2D eigenvalue weighted by Gasteiger charge is -2.04. The third-order valence-electron chi connectivity index (χ3n) is 2.60. The van der Waals surface area contributed by atoms with Crippen molar-refractivity contribution < 1.29 is 4.79 Å². The highest BCUT2D eigenvalue weighted by molar-refractivity contribution is 6.53. The van der Waals surface area contributed by atoms with Gasteiger partial charge in [0.15, 0.2) is 0 Å². The first-order valence-corrected chi connectivity index (χ1v) is 6.66. The molecule has 0 aromatic heterocycles. The lowest BCUT2D eigenvalue weighted by atomic mass is 10.1. The van der Waals surface area contributed by atoms with Gasteiger partial charge in [-0.15, -0.1) is 0 Å². The molecule has 0 heterocycles. The highest BCUT2D eigenvalue weighted by Crippen LogP contribution is 2.20. The van der Waals surface area contributed by atoms with Gasteiger partial charge in [-0.25, -0.2) is 0 Å². The molecule has 0 amide bonds.